The zero-order chi connectivity index (χ0) is 18.4. The Bertz CT molecular complexity index is 708. The molecule has 1 heterocycles. The molecule has 5 heteroatoms. The van der Waals surface area contributed by atoms with Crippen molar-refractivity contribution >= 4 is 21.8 Å². The standard InChI is InChI=1S/C21H25BrN2O2/c1-26-20-8-4-16(5-9-20)14-23-21(25)18-10-12-24(13-11-18)15-17-2-6-19(22)7-3-17/h2-9,18H,10-15H2,1H3,(H,23,25). The number of hydrogen-bond acceptors (Lipinski definition) is 3. The number of piperidine rings is 1. The van der Waals surface area contributed by atoms with E-state index in [2.05, 4.69) is 50.4 Å². The smallest absolute Gasteiger partial charge is 0.223 e. The zero-order valence-electron chi connectivity index (χ0n) is 15.1. The van der Waals surface area contributed by atoms with Crippen LogP contribution in [0.15, 0.2) is 53.0 Å². The second kappa shape index (κ2) is 9.19. The molecule has 0 bridgehead atoms. The number of likely N-dealkylation sites (tertiary alicyclic amines) is 1. The van der Waals surface area contributed by atoms with Crippen molar-refractivity contribution in [3.8, 4) is 5.75 Å². The predicted molar refractivity (Wildman–Crippen MR) is 107 cm³/mol. The second-order valence-electron chi connectivity index (χ2n) is 6.74. The molecule has 26 heavy (non-hydrogen) atoms. The molecule has 0 radical (unpaired) electrons. The predicted octanol–water partition coefficient (Wildman–Crippen LogP) is 3.99. The van der Waals surface area contributed by atoms with Gasteiger partial charge in [0, 0.05) is 23.5 Å². The molecule has 2 aromatic carbocycles. The van der Waals surface area contributed by atoms with Crippen molar-refractivity contribution in [2.45, 2.75) is 25.9 Å². The van der Waals surface area contributed by atoms with Crippen molar-refractivity contribution in [1.29, 1.82) is 0 Å². The van der Waals surface area contributed by atoms with Crippen LogP contribution >= 0.6 is 15.9 Å². The van der Waals surface area contributed by atoms with Gasteiger partial charge in [-0.05, 0) is 61.3 Å². The number of carbonyl (C=O) groups is 1. The number of methoxy groups -OCH3 is 1. The summed E-state index contributed by atoms with van der Waals surface area (Å²) in [7, 11) is 1.65. The first kappa shape index (κ1) is 18.9. The van der Waals surface area contributed by atoms with Crippen LogP contribution in [0.4, 0.5) is 0 Å². The summed E-state index contributed by atoms with van der Waals surface area (Å²) in [5, 5.41) is 3.07. The SMILES string of the molecule is COc1ccc(CNC(=O)C2CCN(Cc3ccc(Br)cc3)CC2)cc1. The number of halogens is 1. The highest BCUT2D eigenvalue weighted by Crippen LogP contribution is 2.20. The van der Waals surface area contributed by atoms with Crippen LogP contribution in [-0.2, 0) is 17.9 Å². The summed E-state index contributed by atoms with van der Waals surface area (Å²) in [6.45, 7) is 3.46. The lowest BCUT2D eigenvalue weighted by atomic mass is 9.95. The van der Waals surface area contributed by atoms with Gasteiger partial charge in [-0.1, -0.05) is 40.2 Å². The Morgan fingerprint density at radius 2 is 1.69 bits per heavy atom. The average Bonchev–Trinajstić information content (AvgIpc) is 2.69. The summed E-state index contributed by atoms with van der Waals surface area (Å²) in [5.41, 5.74) is 2.41. The van der Waals surface area contributed by atoms with Gasteiger partial charge in [0.05, 0.1) is 7.11 Å². The maximum absolute atomic E-state index is 12.4. The number of carbonyl (C=O) groups excluding carboxylic acids is 1. The quantitative estimate of drug-likeness (QED) is 0.773. The van der Waals surface area contributed by atoms with Crippen LogP contribution in [-0.4, -0.2) is 31.0 Å². The minimum Gasteiger partial charge on any atom is -0.497 e. The summed E-state index contributed by atoms with van der Waals surface area (Å²) >= 11 is 3.47. The van der Waals surface area contributed by atoms with Crippen LogP contribution in [0.2, 0.25) is 0 Å². The van der Waals surface area contributed by atoms with E-state index in [4.69, 9.17) is 4.74 Å². The highest BCUT2D eigenvalue weighted by molar-refractivity contribution is 9.10. The van der Waals surface area contributed by atoms with Gasteiger partial charge in [-0.15, -0.1) is 0 Å². The van der Waals surface area contributed by atoms with E-state index in [1.165, 1.54) is 5.56 Å². The van der Waals surface area contributed by atoms with Gasteiger partial charge in [-0.3, -0.25) is 9.69 Å². The molecule has 0 unspecified atom stereocenters. The highest BCUT2D eigenvalue weighted by atomic mass is 79.9. The van der Waals surface area contributed by atoms with Gasteiger partial charge >= 0.3 is 0 Å². The molecule has 1 amide bonds. The Morgan fingerprint density at radius 1 is 1.08 bits per heavy atom. The molecule has 0 spiro atoms. The van der Waals surface area contributed by atoms with Gasteiger partial charge in [0.15, 0.2) is 0 Å². The number of rotatable bonds is 6. The second-order valence-corrected chi connectivity index (χ2v) is 7.66. The molecule has 0 atom stereocenters. The van der Waals surface area contributed by atoms with E-state index < -0.39 is 0 Å². The van der Waals surface area contributed by atoms with E-state index in [0.717, 1.165) is 48.3 Å². The number of benzene rings is 2. The Labute approximate surface area is 163 Å². The molecule has 138 valence electrons. The highest BCUT2D eigenvalue weighted by Gasteiger charge is 2.24. The lowest BCUT2D eigenvalue weighted by Gasteiger charge is -2.31. The van der Waals surface area contributed by atoms with E-state index in [9.17, 15) is 4.79 Å². The summed E-state index contributed by atoms with van der Waals surface area (Å²) in [6, 6.07) is 16.3. The minimum atomic E-state index is 0.120. The van der Waals surface area contributed by atoms with Crippen LogP contribution in [0.5, 0.6) is 5.75 Å². The van der Waals surface area contributed by atoms with Crippen LogP contribution in [0.1, 0.15) is 24.0 Å². The molecule has 4 nitrogen and oxygen atoms in total. The molecular formula is C21H25BrN2O2. The van der Waals surface area contributed by atoms with Crippen molar-refractivity contribution < 1.29 is 9.53 Å². The first-order chi connectivity index (χ1) is 12.6. The Kier molecular flexibility index (Phi) is 6.69. The summed E-state index contributed by atoms with van der Waals surface area (Å²) < 4.78 is 6.26. The molecule has 2 aromatic rings. The molecule has 1 fully saturated rings. The van der Waals surface area contributed by atoms with Gasteiger partial charge in [-0.2, -0.15) is 0 Å². The molecule has 0 aliphatic carbocycles. The average molecular weight is 417 g/mol. The number of nitrogens with one attached hydrogen (secondary N) is 1. The third-order valence-electron chi connectivity index (χ3n) is 4.90. The minimum absolute atomic E-state index is 0.120. The van der Waals surface area contributed by atoms with Crippen molar-refractivity contribution in [2.24, 2.45) is 5.92 Å². The van der Waals surface area contributed by atoms with Crippen LogP contribution in [0.25, 0.3) is 0 Å². The van der Waals surface area contributed by atoms with Crippen molar-refractivity contribution in [2.75, 3.05) is 20.2 Å². The van der Waals surface area contributed by atoms with E-state index in [0.29, 0.717) is 6.54 Å². The van der Waals surface area contributed by atoms with Crippen molar-refractivity contribution in [3.63, 3.8) is 0 Å². The number of hydrogen-bond donors (Lipinski definition) is 1. The largest absolute Gasteiger partial charge is 0.497 e. The van der Waals surface area contributed by atoms with Gasteiger partial charge in [0.25, 0.3) is 0 Å². The van der Waals surface area contributed by atoms with Crippen LogP contribution in [0.3, 0.4) is 0 Å². The maximum Gasteiger partial charge on any atom is 0.223 e. The van der Waals surface area contributed by atoms with Crippen molar-refractivity contribution in [3.05, 3.63) is 64.1 Å². The normalized spacial score (nSPS) is 15.6. The zero-order valence-corrected chi connectivity index (χ0v) is 16.7. The Balaban J connectivity index is 1.42. The van der Waals surface area contributed by atoms with E-state index >= 15 is 0 Å². The summed E-state index contributed by atoms with van der Waals surface area (Å²) in [5.74, 6) is 1.12. The lowest BCUT2D eigenvalue weighted by molar-refractivity contribution is -0.126. The summed E-state index contributed by atoms with van der Waals surface area (Å²) in [6.07, 6.45) is 1.84. The molecule has 1 N–H and O–H groups in total. The summed E-state index contributed by atoms with van der Waals surface area (Å²) in [4.78, 5) is 14.9. The van der Waals surface area contributed by atoms with Gasteiger partial charge in [-0.25, -0.2) is 0 Å². The molecule has 0 aromatic heterocycles. The van der Waals surface area contributed by atoms with Gasteiger partial charge in [0.2, 0.25) is 5.91 Å². The number of ether oxygens (including phenoxy) is 1. The Hall–Kier alpha value is -1.85. The maximum atomic E-state index is 12.4. The fourth-order valence-electron chi connectivity index (χ4n) is 3.28. The van der Waals surface area contributed by atoms with Crippen LogP contribution < -0.4 is 10.1 Å². The molecule has 0 saturated carbocycles. The fraction of sp³-hybridized carbons (Fsp3) is 0.381. The molecule has 1 aliphatic heterocycles. The molecule has 1 aliphatic rings. The van der Waals surface area contributed by atoms with Crippen LogP contribution in [0, 0.1) is 5.92 Å². The van der Waals surface area contributed by atoms with E-state index in [-0.39, 0.29) is 11.8 Å². The monoisotopic (exact) mass is 416 g/mol. The Morgan fingerprint density at radius 3 is 2.31 bits per heavy atom. The van der Waals surface area contributed by atoms with E-state index in [1.54, 1.807) is 7.11 Å². The number of amides is 1. The first-order valence-corrected chi connectivity index (χ1v) is 9.81. The first-order valence-electron chi connectivity index (χ1n) is 9.01. The molecule has 1 saturated heterocycles. The lowest BCUT2D eigenvalue weighted by Crippen LogP contribution is -2.40. The third-order valence-corrected chi connectivity index (χ3v) is 5.43. The van der Waals surface area contributed by atoms with E-state index in [1.807, 2.05) is 24.3 Å². The fourth-order valence-corrected chi connectivity index (χ4v) is 3.54. The third kappa shape index (κ3) is 5.32. The van der Waals surface area contributed by atoms with Crippen molar-refractivity contribution in [1.82, 2.24) is 10.2 Å². The molecular weight excluding hydrogens is 392 g/mol. The van der Waals surface area contributed by atoms with Gasteiger partial charge in [0.1, 0.15) is 5.75 Å². The topological polar surface area (TPSA) is 41.6 Å². The molecule has 3 rings (SSSR count). The van der Waals surface area contributed by atoms with Gasteiger partial charge < -0.3 is 10.1 Å². The number of nitrogens with zero attached hydrogens (tertiary/aromatic N) is 1.